The molecule has 2 fully saturated rings. The Kier molecular flexibility index (Phi) is 3.46. The highest BCUT2D eigenvalue weighted by atomic mass is 16.6. The number of hydrogen-bond acceptors (Lipinski definition) is 4. The fraction of sp³-hybridized carbons (Fsp3) is 0.714. The van der Waals surface area contributed by atoms with Crippen LogP contribution < -0.4 is 0 Å². The lowest BCUT2D eigenvalue weighted by atomic mass is 9.79. The normalized spacial score (nSPS) is 37.3. The predicted molar refractivity (Wildman–Crippen MR) is 65.7 cm³/mol. The average Bonchev–Trinajstić information content (AvgIpc) is 2.91. The molecule has 2 bridgehead atoms. The highest BCUT2D eigenvalue weighted by molar-refractivity contribution is 5.87. The van der Waals surface area contributed by atoms with Gasteiger partial charge < -0.3 is 9.47 Å². The second-order valence-corrected chi connectivity index (χ2v) is 5.40. The van der Waals surface area contributed by atoms with Crippen LogP contribution in [0.2, 0.25) is 0 Å². The zero-order valence-electron chi connectivity index (χ0n) is 11.0. The van der Waals surface area contributed by atoms with Gasteiger partial charge in [-0.3, -0.25) is 4.79 Å². The van der Waals surface area contributed by atoms with Crippen LogP contribution in [0.4, 0.5) is 0 Å². The Morgan fingerprint density at radius 3 is 2.78 bits per heavy atom. The molecule has 0 aromatic rings. The van der Waals surface area contributed by atoms with Crippen LogP contribution in [0, 0.1) is 11.8 Å². The number of carbonyl (C=O) groups is 2. The summed E-state index contributed by atoms with van der Waals surface area (Å²) in [7, 11) is 0. The summed E-state index contributed by atoms with van der Waals surface area (Å²) in [6.07, 6.45) is 3.46. The maximum Gasteiger partial charge on any atom is 0.333 e. The Morgan fingerprint density at radius 1 is 1.50 bits per heavy atom. The third kappa shape index (κ3) is 1.84. The molecule has 0 radical (unpaired) electrons. The van der Waals surface area contributed by atoms with E-state index in [1.807, 2.05) is 6.92 Å². The number of ether oxygens (including phenoxy) is 2. The van der Waals surface area contributed by atoms with E-state index in [1.54, 1.807) is 6.92 Å². The van der Waals surface area contributed by atoms with E-state index in [-0.39, 0.29) is 12.1 Å². The van der Waals surface area contributed by atoms with Gasteiger partial charge in [0.25, 0.3) is 6.47 Å². The zero-order valence-corrected chi connectivity index (χ0v) is 11.0. The minimum absolute atomic E-state index is 0.290. The fourth-order valence-electron chi connectivity index (χ4n) is 3.62. The van der Waals surface area contributed by atoms with E-state index >= 15 is 0 Å². The zero-order chi connectivity index (χ0) is 13.3. The first-order valence-corrected chi connectivity index (χ1v) is 6.53. The highest BCUT2D eigenvalue weighted by Crippen LogP contribution is 2.55. The molecule has 0 aromatic heterocycles. The molecule has 0 N–H and O–H groups in total. The van der Waals surface area contributed by atoms with Crippen LogP contribution >= 0.6 is 0 Å². The van der Waals surface area contributed by atoms with Crippen molar-refractivity contribution in [1.29, 1.82) is 0 Å². The Hall–Kier alpha value is -1.32. The Bertz CT molecular complexity index is 376. The van der Waals surface area contributed by atoms with E-state index < -0.39 is 5.60 Å². The summed E-state index contributed by atoms with van der Waals surface area (Å²) >= 11 is 0. The van der Waals surface area contributed by atoms with Gasteiger partial charge in [-0.05, 0) is 32.6 Å². The number of hydrogen-bond donors (Lipinski definition) is 0. The molecule has 2 aliphatic rings. The van der Waals surface area contributed by atoms with E-state index in [1.165, 1.54) is 0 Å². The number of carbonyl (C=O) groups excluding carboxylic acids is 2. The van der Waals surface area contributed by atoms with Gasteiger partial charge in [-0.25, -0.2) is 4.79 Å². The van der Waals surface area contributed by atoms with Gasteiger partial charge in [0.15, 0.2) is 5.60 Å². The van der Waals surface area contributed by atoms with E-state index in [0.29, 0.717) is 30.3 Å². The van der Waals surface area contributed by atoms with Gasteiger partial charge >= 0.3 is 5.97 Å². The lowest BCUT2D eigenvalue weighted by Crippen LogP contribution is -2.51. The summed E-state index contributed by atoms with van der Waals surface area (Å²) in [6, 6.07) is 0. The molecule has 100 valence electrons. The standard InChI is InChI=1S/C14H20O4/c1-4-14(18-13(16)9(2)3)11-6-5-10(7-11)12(14)17-8-15/h8,10-12H,2,4-7H2,1,3H3. The van der Waals surface area contributed by atoms with Gasteiger partial charge in [-0.1, -0.05) is 13.5 Å². The second kappa shape index (κ2) is 4.75. The monoisotopic (exact) mass is 252 g/mol. The van der Waals surface area contributed by atoms with Crippen molar-refractivity contribution >= 4 is 12.4 Å². The summed E-state index contributed by atoms with van der Waals surface area (Å²) in [4.78, 5) is 22.5. The van der Waals surface area contributed by atoms with E-state index in [9.17, 15) is 9.59 Å². The maximum absolute atomic E-state index is 11.8. The van der Waals surface area contributed by atoms with Gasteiger partial charge in [0, 0.05) is 17.4 Å². The van der Waals surface area contributed by atoms with Crippen molar-refractivity contribution in [2.75, 3.05) is 0 Å². The topological polar surface area (TPSA) is 52.6 Å². The van der Waals surface area contributed by atoms with Crippen molar-refractivity contribution in [3.8, 4) is 0 Å². The molecule has 2 aliphatic carbocycles. The first-order valence-electron chi connectivity index (χ1n) is 6.53. The summed E-state index contributed by atoms with van der Waals surface area (Å²) in [6.45, 7) is 7.70. The van der Waals surface area contributed by atoms with Crippen LogP contribution in [0.1, 0.15) is 39.5 Å². The number of rotatable bonds is 5. The van der Waals surface area contributed by atoms with Crippen molar-refractivity contribution in [2.45, 2.75) is 51.2 Å². The van der Waals surface area contributed by atoms with Crippen LogP contribution in [0.25, 0.3) is 0 Å². The molecule has 2 rings (SSSR count). The van der Waals surface area contributed by atoms with Crippen LogP contribution in [-0.4, -0.2) is 24.1 Å². The Labute approximate surface area is 107 Å². The lowest BCUT2D eigenvalue weighted by Gasteiger charge is -2.41. The van der Waals surface area contributed by atoms with Gasteiger partial charge in [0.2, 0.25) is 0 Å². The highest BCUT2D eigenvalue weighted by Gasteiger charge is 2.61. The molecule has 0 amide bonds. The van der Waals surface area contributed by atoms with Gasteiger partial charge in [-0.15, -0.1) is 0 Å². The molecule has 0 aromatic carbocycles. The summed E-state index contributed by atoms with van der Waals surface area (Å²) in [5, 5.41) is 0. The smallest absolute Gasteiger partial charge is 0.333 e. The first kappa shape index (κ1) is 13.1. The van der Waals surface area contributed by atoms with Crippen LogP contribution in [0.15, 0.2) is 12.2 Å². The van der Waals surface area contributed by atoms with E-state index in [0.717, 1.165) is 19.3 Å². The number of fused-ring (bicyclic) bond motifs is 2. The Balaban J connectivity index is 2.25. The molecule has 4 nitrogen and oxygen atoms in total. The van der Waals surface area contributed by atoms with Crippen molar-refractivity contribution in [3.63, 3.8) is 0 Å². The third-order valence-electron chi connectivity index (χ3n) is 4.46. The first-order chi connectivity index (χ1) is 8.55. The van der Waals surface area contributed by atoms with Crippen molar-refractivity contribution < 1.29 is 19.1 Å². The SMILES string of the molecule is C=C(C)C(=O)OC1(CC)C2CCC(C2)C1OC=O. The van der Waals surface area contributed by atoms with E-state index in [2.05, 4.69) is 6.58 Å². The van der Waals surface area contributed by atoms with Crippen molar-refractivity contribution in [2.24, 2.45) is 11.8 Å². The molecule has 0 saturated heterocycles. The second-order valence-electron chi connectivity index (χ2n) is 5.40. The predicted octanol–water partition coefficient (Wildman–Crippen LogP) is 2.23. The molecular weight excluding hydrogens is 232 g/mol. The van der Waals surface area contributed by atoms with Gasteiger partial charge in [0.1, 0.15) is 6.10 Å². The van der Waals surface area contributed by atoms with Gasteiger partial charge in [-0.2, -0.15) is 0 Å². The van der Waals surface area contributed by atoms with Crippen molar-refractivity contribution in [1.82, 2.24) is 0 Å². The minimum Gasteiger partial charge on any atom is -0.460 e. The molecule has 2 saturated carbocycles. The molecule has 0 aliphatic heterocycles. The third-order valence-corrected chi connectivity index (χ3v) is 4.46. The summed E-state index contributed by atoms with van der Waals surface area (Å²) < 4.78 is 10.9. The Morgan fingerprint density at radius 2 is 2.22 bits per heavy atom. The summed E-state index contributed by atoms with van der Waals surface area (Å²) in [5.74, 6) is 0.253. The molecule has 0 heterocycles. The molecule has 0 spiro atoms. The lowest BCUT2D eigenvalue weighted by molar-refractivity contribution is -0.188. The van der Waals surface area contributed by atoms with Crippen LogP contribution in [-0.2, 0) is 19.1 Å². The minimum atomic E-state index is -0.639. The van der Waals surface area contributed by atoms with Gasteiger partial charge in [0.05, 0.1) is 0 Å². The molecule has 4 unspecified atom stereocenters. The fourth-order valence-corrected chi connectivity index (χ4v) is 3.62. The van der Waals surface area contributed by atoms with Crippen LogP contribution in [0.5, 0.6) is 0 Å². The molecule has 4 atom stereocenters. The number of esters is 1. The van der Waals surface area contributed by atoms with Crippen molar-refractivity contribution in [3.05, 3.63) is 12.2 Å². The molecular formula is C14H20O4. The molecule has 4 heteroatoms. The van der Waals surface area contributed by atoms with Crippen LogP contribution in [0.3, 0.4) is 0 Å². The largest absolute Gasteiger partial charge is 0.460 e. The molecule has 18 heavy (non-hydrogen) atoms. The maximum atomic E-state index is 11.8. The quantitative estimate of drug-likeness (QED) is 0.428. The summed E-state index contributed by atoms with van der Waals surface area (Å²) in [5.41, 5.74) is -0.254. The van der Waals surface area contributed by atoms with E-state index in [4.69, 9.17) is 9.47 Å². The average molecular weight is 252 g/mol.